The van der Waals surface area contributed by atoms with E-state index in [0.29, 0.717) is 33.9 Å². The lowest BCUT2D eigenvalue weighted by Gasteiger charge is -2.21. The predicted molar refractivity (Wildman–Crippen MR) is 107 cm³/mol. The minimum Gasteiger partial charge on any atom is -0.331 e. The molecule has 0 saturated carbocycles. The summed E-state index contributed by atoms with van der Waals surface area (Å²) < 4.78 is 0. The van der Waals surface area contributed by atoms with E-state index in [2.05, 4.69) is 15.0 Å². The second-order valence-corrected chi connectivity index (χ2v) is 7.10. The Morgan fingerprint density at radius 3 is 2.70 bits per heavy atom. The van der Waals surface area contributed by atoms with Gasteiger partial charge in [-0.05, 0) is 30.7 Å². The molecule has 0 radical (unpaired) electrons. The summed E-state index contributed by atoms with van der Waals surface area (Å²) in [5, 5.41) is 1.25. The largest absolute Gasteiger partial charge is 0.331 e. The molecule has 0 bridgehead atoms. The molecule has 0 aliphatic rings. The molecule has 0 spiro atoms. The third kappa shape index (κ3) is 4.40. The topological polar surface area (TPSA) is 79.0 Å². The van der Waals surface area contributed by atoms with Gasteiger partial charge in [-0.2, -0.15) is 0 Å². The highest BCUT2D eigenvalue weighted by Crippen LogP contribution is 2.21. The van der Waals surface area contributed by atoms with Gasteiger partial charge >= 0.3 is 0 Å². The number of carbonyl (C=O) groups excluding carboxylic acids is 1. The molecule has 1 aromatic carbocycles. The highest BCUT2D eigenvalue weighted by molar-refractivity contribution is 6.41. The molecule has 1 amide bonds. The Hall–Kier alpha value is -2.15. The summed E-state index contributed by atoms with van der Waals surface area (Å²) in [5.41, 5.74) is 0.497. The molecule has 140 valence electrons. The van der Waals surface area contributed by atoms with Crippen LogP contribution in [0.4, 0.5) is 0 Å². The maximum absolute atomic E-state index is 12.8. The Balaban J connectivity index is 1.94. The predicted octanol–water partition coefficient (Wildman–Crippen LogP) is 4.33. The van der Waals surface area contributed by atoms with E-state index in [-0.39, 0.29) is 28.2 Å². The molecule has 0 aliphatic heterocycles. The van der Waals surface area contributed by atoms with Crippen molar-refractivity contribution >= 4 is 51.6 Å². The molecule has 0 saturated heterocycles. The number of pyridine rings is 1. The van der Waals surface area contributed by atoms with Crippen molar-refractivity contribution in [1.29, 1.82) is 0 Å². The first kappa shape index (κ1) is 19.6. The van der Waals surface area contributed by atoms with Gasteiger partial charge in [0, 0.05) is 17.8 Å². The van der Waals surface area contributed by atoms with Crippen molar-refractivity contribution in [3.8, 4) is 0 Å². The van der Waals surface area contributed by atoms with E-state index in [4.69, 9.17) is 34.8 Å². The first-order valence-electron chi connectivity index (χ1n) is 8.17. The number of fused-ring (bicyclic) bond motifs is 1. The molecule has 0 aliphatic carbocycles. The molecule has 2 aromatic heterocycles. The van der Waals surface area contributed by atoms with Gasteiger partial charge in [-0.15, -0.1) is 0 Å². The van der Waals surface area contributed by atoms with Gasteiger partial charge in [0.2, 0.25) is 0 Å². The van der Waals surface area contributed by atoms with E-state index in [1.165, 1.54) is 12.3 Å². The summed E-state index contributed by atoms with van der Waals surface area (Å²) in [4.78, 5) is 37.8. The summed E-state index contributed by atoms with van der Waals surface area (Å²) in [7, 11) is 0. The average molecular weight is 426 g/mol. The smallest absolute Gasteiger partial charge is 0.258 e. The molecule has 3 aromatic rings. The van der Waals surface area contributed by atoms with E-state index in [1.54, 1.807) is 23.1 Å². The van der Waals surface area contributed by atoms with Gasteiger partial charge in [0.1, 0.15) is 11.0 Å². The molecule has 3 rings (SSSR count). The SMILES string of the molecule is CCCN(Cc1nc2cc(Cl)ccc2c(=O)[nH]1)C(=O)c1cnc(Cl)c(Cl)c1. The van der Waals surface area contributed by atoms with Crippen LogP contribution in [0.2, 0.25) is 15.2 Å². The zero-order chi connectivity index (χ0) is 19.6. The lowest BCUT2D eigenvalue weighted by molar-refractivity contribution is 0.0738. The molecule has 0 unspecified atom stereocenters. The number of amides is 1. The average Bonchev–Trinajstić information content (AvgIpc) is 2.62. The minimum absolute atomic E-state index is 0.130. The molecule has 0 fully saturated rings. The first-order chi connectivity index (χ1) is 12.9. The lowest BCUT2D eigenvalue weighted by Crippen LogP contribution is -2.33. The molecule has 27 heavy (non-hydrogen) atoms. The zero-order valence-electron chi connectivity index (χ0n) is 14.3. The number of H-pyrrole nitrogens is 1. The van der Waals surface area contributed by atoms with Gasteiger partial charge in [0.25, 0.3) is 11.5 Å². The highest BCUT2D eigenvalue weighted by atomic mass is 35.5. The van der Waals surface area contributed by atoms with Crippen molar-refractivity contribution < 1.29 is 4.79 Å². The molecule has 2 heterocycles. The minimum atomic E-state index is -0.285. The molecular weight excluding hydrogens is 411 g/mol. The first-order valence-corrected chi connectivity index (χ1v) is 9.31. The molecule has 9 heteroatoms. The van der Waals surface area contributed by atoms with Gasteiger partial charge in [-0.25, -0.2) is 9.97 Å². The fourth-order valence-electron chi connectivity index (χ4n) is 2.66. The number of nitrogens with one attached hydrogen (secondary N) is 1. The van der Waals surface area contributed by atoms with Crippen LogP contribution in [0.5, 0.6) is 0 Å². The lowest BCUT2D eigenvalue weighted by atomic mass is 10.2. The number of nitrogens with zero attached hydrogens (tertiary/aromatic N) is 3. The normalized spacial score (nSPS) is 11.0. The van der Waals surface area contributed by atoms with E-state index in [1.807, 2.05) is 6.92 Å². The summed E-state index contributed by atoms with van der Waals surface area (Å²) in [5.74, 6) is 0.0846. The van der Waals surface area contributed by atoms with Crippen LogP contribution in [0.1, 0.15) is 29.5 Å². The Bertz CT molecular complexity index is 1070. The monoisotopic (exact) mass is 424 g/mol. The van der Waals surface area contributed by atoms with Crippen LogP contribution in [0, 0.1) is 0 Å². The fourth-order valence-corrected chi connectivity index (χ4v) is 3.10. The molecule has 0 atom stereocenters. The van der Waals surface area contributed by atoms with Gasteiger partial charge in [0.05, 0.1) is 28.0 Å². The van der Waals surface area contributed by atoms with Crippen LogP contribution >= 0.6 is 34.8 Å². The second kappa shape index (κ2) is 8.25. The van der Waals surface area contributed by atoms with Crippen molar-refractivity contribution in [2.45, 2.75) is 19.9 Å². The van der Waals surface area contributed by atoms with Crippen LogP contribution < -0.4 is 5.56 Å². The molecule has 1 N–H and O–H groups in total. The summed E-state index contributed by atoms with van der Waals surface area (Å²) >= 11 is 17.8. The summed E-state index contributed by atoms with van der Waals surface area (Å²) in [6.07, 6.45) is 2.10. The Kier molecular flexibility index (Phi) is 5.99. The van der Waals surface area contributed by atoms with Crippen LogP contribution in [0.25, 0.3) is 10.9 Å². The number of carbonyl (C=O) groups is 1. The van der Waals surface area contributed by atoms with Crippen molar-refractivity contribution in [1.82, 2.24) is 19.9 Å². The van der Waals surface area contributed by atoms with E-state index >= 15 is 0 Å². The summed E-state index contributed by atoms with van der Waals surface area (Å²) in [6.45, 7) is 2.55. The van der Waals surface area contributed by atoms with Gasteiger partial charge < -0.3 is 9.88 Å². The standard InChI is InChI=1S/C18H15Cl3N4O2/c1-2-5-25(18(27)10-6-13(20)16(21)22-8-10)9-15-23-14-7-11(19)3-4-12(14)17(26)24-15/h3-4,6-8H,2,5,9H2,1H3,(H,23,24,26). The third-order valence-electron chi connectivity index (χ3n) is 3.88. The van der Waals surface area contributed by atoms with E-state index in [9.17, 15) is 9.59 Å². The summed E-state index contributed by atoms with van der Waals surface area (Å²) in [6, 6.07) is 6.33. The van der Waals surface area contributed by atoms with Crippen molar-refractivity contribution in [2.24, 2.45) is 0 Å². The Morgan fingerprint density at radius 2 is 2.00 bits per heavy atom. The number of rotatable bonds is 5. The number of aromatic amines is 1. The molecular formula is C18H15Cl3N4O2. The maximum Gasteiger partial charge on any atom is 0.258 e. The third-order valence-corrected chi connectivity index (χ3v) is 4.80. The number of halogens is 3. The number of hydrogen-bond acceptors (Lipinski definition) is 4. The zero-order valence-corrected chi connectivity index (χ0v) is 16.6. The quantitative estimate of drug-likeness (QED) is 0.617. The number of hydrogen-bond donors (Lipinski definition) is 1. The van der Waals surface area contributed by atoms with Crippen molar-refractivity contribution in [3.63, 3.8) is 0 Å². The van der Waals surface area contributed by atoms with Crippen LogP contribution in [-0.4, -0.2) is 32.3 Å². The second-order valence-electron chi connectivity index (χ2n) is 5.90. The Labute approximate surface area is 170 Å². The van der Waals surface area contributed by atoms with E-state index in [0.717, 1.165) is 6.42 Å². The van der Waals surface area contributed by atoms with Gasteiger partial charge in [-0.3, -0.25) is 9.59 Å². The number of aromatic nitrogens is 3. The fraction of sp³-hybridized carbons (Fsp3) is 0.222. The van der Waals surface area contributed by atoms with Crippen molar-refractivity contribution in [2.75, 3.05) is 6.54 Å². The number of benzene rings is 1. The van der Waals surface area contributed by atoms with Crippen LogP contribution in [0.15, 0.2) is 35.3 Å². The van der Waals surface area contributed by atoms with Crippen LogP contribution in [0.3, 0.4) is 0 Å². The van der Waals surface area contributed by atoms with Crippen LogP contribution in [-0.2, 0) is 6.54 Å². The van der Waals surface area contributed by atoms with Gasteiger partial charge in [0.15, 0.2) is 0 Å². The maximum atomic E-state index is 12.8. The van der Waals surface area contributed by atoms with Gasteiger partial charge in [-0.1, -0.05) is 41.7 Å². The van der Waals surface area contributed by atoms with Crippen molar-refractivity contribution in [3.05, 3.63) is 67.4 Å². The Morgan fingerprint density at radius 1 is 1.22 bits per heavy atom. The highest BCUT2D eigenvalue weighted by Gasteiger charge is 2.18. The molecule has 6 nitrogen and oxygen atoms in total. The van der Waals surface area contributed by atoms with E-state index < -0.39 is 0 Å².